The number of hydrogen-bond acceptors (Lipinski definition) is 1. The zero-order chi connectivity index (χ0) is 13.5. The van der Waals surface area contributed by atoms with Crippen LogP contribution in [0.3, 0.4) is 0 Å². The van der Waals surface area contributed by atoms with Crippen molar-refractivity contribution in [2.45, 2.75) is 78.1 Å². The van der Waals surface area contributed by atoms with Crippen LogP contribution in [0.1, 0.15) is 78.1 Å². The Morgan fingerprint density at radius 3 is 2.05 bits per heavy atom. The van der Waals surface area contributed by atoms with E-state index in [0.29, 0.717) is 0 Å². The number of rotatable bonds is 2. The predicted molar refractivity (Wildman–Crippen MR) is 84.4 cm³/mol. The highest BCUT2D eigenvalue weighted by atomic mass is 14.9. The van der Waals surface area contributed by atoms with Gasteiger partial charge in [-0.1, -0.05) is 57.1 Å². The molecule has 2 aliphatic rings. The fourth-order valence-electron chi connectivity index (χ4n) is 4.15. The topological polar surface area (TPSA) is 12.0 Å². The fraction of sp³-hybridized carbons (Fsp3) is 0.889. The largest absolute Gasteiger partial charge is 0.313 e. The van der Waals surface area contributed by atoms with Gasteiger partial charge in [0.15, 0.2) is 0 Å². The lowest BCUT2D eigenvalue weighted by molar-refractivity contribution is 0.442. The van der Waals surface area contributed by atoms with Crippen molar-refractivity contribution in [3.05, 3.63) is 11.1 Å². The van der Waals surface area contributed by atoms with Gasteiger partial charge in [-0.25, -0.2) is 0 Å². The third-order valence-electron chi connectivity index (χ3n) is 5.38. The van der Waals surface area contributed by atoms with E-state index in [1.54, 1.807) is 0 Å². The van der Waals surface area contributed by atoms with Crippen LogP contribution in [0.2, 0.25) is 0 Å². The normalized spacial score (nSPS) is 30.6. The number of nitrogens with one attached hydrogen (secondary N) is 1. The van der Waals surface area contributed by atoms with Crippen molar-refractivity contribution in [1.29, 1.82) is 0 Å². The molecule has 1 N–H and O–H groups in total. The Morgan fingerprint density at radius 2 is 1.42 bits per heavy atom. The SMILES string of the molecule is CCC1CCCCCCCC(CC)C2=C1CCNC2. The zero-order valence-electron chi connectivity index (χ0n) is 13.1. The average molecular weight is 263 g/mol. The average Bonchev–Trinajstić information content (AvgIpc) is 2.49. The summed E-state index contributed by atoms with van der Waals surface area (Å²) in [5.74, 6) is 1.76. The van der Waals surface area contributed by atoms with Crippen molar-refractivity contribution in [3.8, 4) is 0 Å². The molecule has 0 bridgehead atoms. The first kappa shape index (κ1) is 15.1. The minimum atomic E-state index is 0.870. The van der Waals surface area contributed by atoms with E-state index >= 15 is 0 Å². The zero-order valence-corrected chi connectivity index (χ0v) is 13.1. The molecule has 0 amide bonds. The summed E-state index contributed by atoms with van der Waals surface area (Å²) in [7, 11) is 0. The second-order valence-electron chi connectivity index (χ2n) is 6.53. The Hall–Kier alpha value is -0.300. The molecule has 1 nitrogen and oxygen atoms in total. The molecule has 0 saturated heterocycles. The second kappa shape index (κ2) is 8.09. The van der Waals surface area contributed by atoms with Crippen molar-refractivity contribution in [2.75, 3.05) is 13.1 Å². The maximum absolute atomic E-state index is 3.63. The molecule has 1 aliphatic heterocycles. The molecule has 2 atom stereocenters. The summed E-state index contributed by atoms with van der Waals surface area (Å²) in [6, 6.07) is 0. The molecular formula is C18H33N. The van der Waals surface area contributed by atoms with Crippen molar-refractivity contribution < 1.29 is 0 Å². The fourth-order valence-corrected chi connectivity index (χ4v) is 4.15. The first-order chi connectivity index (χ1) is 9.36. The lowest BCUT2D eigenvalue weighted by atomic mass is 9.78. The summed E-state index contributed by atoms with van der Waals surface area (Å²) in [5.41, 5.74) is 3.69. The van der Waals surface area contributed by atoms with Crippen molar-refractivity contribution in [3.63, 3.8) is 0 Å². The van der Waals surface area contributed by atoms with Gasteiger partial charge in [-0.05, 0) is 50.5 Å². The van der Waals surface area contributed by atoms with E-state index in [2.05, 4.69) is 19.2 Å². The van der Waals surface area contributed by atoms with Gasteiger partial charge in [-0.3, -0.25) is 0 Å². The summed E-state index contributed by atoms with van der Waals surface area (Å²) < 4.78 is 0. The van der Waals surface area contributed by atoms with Gasteiger partial charge in [0.25, 0.3) is 0 Å². The van der Waals surface area contributed by atoms with E-state index in [1.807, 2.05) is 11.1 Å². The van der Waals surface area contributed by atoms with Gasteiger partial charge in [-0.15, -0.1) is 0 Å². The molecule has 19 heavy (non-hydrogen) atoms. The van der Waals surface area contributed by atoms with Crippen LogP contribution in [0.5, 0.6) is 0 Å². The van der Waals surface area contributed by atoms with E-state index in [9.17, 15) is 0 Å². The molecule has 2 unspecified atom stereocenters. The molecule has 0 radical (unpaired) electrons. The molecule has 1 heterocycles. The molecule has 0 fully saturated rings. The Balaban J connectivity index is 2.22. The Morgan fingerprint density at radius 1 is 0.842 bits per heavy atom. The van der Waals surface area contributed by atoms with Crippen LogP contribution in [-0.4, -0.2) is 13.1 Å². The van der Waals surface area contributed by atoms with E-state index in [0.717, 1.165) is 11.8 Å². The molecule has 110 valence electrons. The highest BCUT2D eigenvalue weighted by Gasteiger charge is 2.24. The lowest BCUT2D eigenvalue weighted by Gasteiger charge is -2.31. The molecule has 0 aromatic rings. The van der Waals surface area contributed by atoms with Crippen LogP contribution in [-0.2, 0) is 0 Å². The van der Waals surface area contributed by atoms with Crippen LogP contribution >= 0.6 is 0 Å². The van der Waals surface area contributed by atoms with E-state index < -0.39 is 0 Å². The quantitative estimate of drug-likeness (QED) is 0.686. The van der Waals surface area contributed by atoms with Gasteiger partial charge in [0.05, 0.1) is 0 Å². The van der Waals surface area contributed by atoms with Gasteiger partial charge in [0.1, 0.15) is 0 Å². The van der Waals surface area contributed by atoms with E-state index in [1.165, 1.54) is 77.3 Å². The Bertz CT molecular complexity index is 264. The molecular weight excluding hydrogens is 230 g/mol. The molecule has 0 spiro atoms. The van der Waals surface area contributed by atoms with Crippen LogP contribution in [0, 0.1) is 11.8 Å². The van der Waals surface area contributed by atoms with Crippen molar-refractivity contribution in [1.82, 2.24) is 5.32 Å². The van der Waals surface area contributed by atoms with E-state index in [4.69, 9.17) is 0 Å². The third kappa shape index (κ3) is 4.08. The Labute approximate surface area is 120 Å². The molecule has 0 aromatic heterocycles. The molecule has 0 saturated carbocycles. The second-order valence-corrected chi connectivity index (χ2v) is 6.53. The highest BCUT2D eigenvalue weighted by molar-refractivity contribution is 5.24. The maximum Gasteiger partial charge on any atom is 0.0170 e. The van der Waals surface area contributed by atoms with Gasteiger partial charge in [-0.2, -0.15) is 0 Å². The maximum atomic E-state index is 3.63. The van der Waals surface area contributed by atoms with Crippen molar-refractivity contribution in [2.24, 2.45) is 11.8 Å². The summed E-state index contributed by atoms with van der Waals surface area (Å²) in [5, 5.41) is 3.63. The minimum absolute atomic E-state index is 0.870. The summed E-state index contributed by atoms with van der Waals surface area (Å²) >= 11 is 0. The minimum Gasteiger partial charge on any atom is -0.313 e. The van der Waals surface area contributed by atoms with E-state index in [-0.39, 0.29) is 0 Å². The van der Waals surface area contributed by atoms with Crippen LogP contribution in [0.15, 0.2) is 11.1 Å². The van der Waals surface area contributed by atoms with Crippen LogP contribution in [0.4, 0.5) is 0 Å². The molecule has 2 rings (SSSR count). The summed E-state index contributed by atoms with van der Waals surface area (Å²) in [6.45, 7) is 7.19. The summed E-state index contributed by atoms with van der Waals surface area (Å²) in [6.07, 6.45) is 14.2. The number of hydrogen-bond donors (Lipinski definition) is 1. The Kier molecular flexibility index (Phi) is 6.43. The highest BCUT2D eigenvalue weighted by Crippen LogP contribution is 2.35. The standard InChI is InChI=1S/C18H33N/c1-3-15-10-8-6-5-7-9-11-16(4-2)18-14-19-13-12-17(15)18/h15-16,19H,3-14H2,1-2H3. The van der Waals surface area contributed by atoms with Gasteiger partial charge in [0.2, 0.25) is 0 Å². The van der Waals surface area contributed by atoms with Gasteiger partial charge in [0, 0.05) is 6.54 Å². The molecule has 1 aliphatic carbocycles. The van der Waals surface area contributed by atoms with Gasteiger partial charge < -0.3 is 5.32 Å². The smallest absolute Gasteiger partial charge is 0.0170 e. The van der Waals surface area contributed by atoms with Crippen LogP contribution < -0.4 is 5.32 Å². The third-order valence-corrected chi connectivity index (χ3v) is 5.38. The first-order valence-corrected chi connectivity index (χ1v) is 8.79. The lowest BCUT2D eigenvalue weighted by Crippen LogP contribution is -2.30. The van der Waals surface area contributed by atoms with Crippen LogP contribution in [0.25, 0.3) is 0 Å². The predicted octanol–water partition coefficient (Wildman–Crippen LogP) is 5.07. The first-order valence-electron chi connectivity index (χ1n) is 8.79. The van der Waals surface area contributed by atoms with Crippen molar-refractivity contribution >= 4 is 0 Å². The molecule has 0 aromatic carbocycles. The summed E-state index contributed by atoms with van der Waals surface area (Å²) in [4.78, 5) is 0. The van der Waals surface area contributed by atoms with Gasteiger partial charge >= 0.3 is 0 Å². The monoisotopic (exact) mass is 263 g/mol. The molecule has 1 heteroatoms.